The molecule has 0 N–H and O–H groups in total. The van der Waals surface area contributed by atoms with E-state index < -0.39 is 0 Å². The molecule has 2 aromatic carbocycles. The zero-order valence-corrected chi connectivity index (χ0v) is 16.0. The first-order chi connectivity index (χ1) is 10.8. The molecule has 0 atom stereocenters. The Balaban J connectivity index is 0.00000264. The van der Waals surface area contributed by atoms with Crippen molar-refractivity contribution in [2.75, 3.05) is 6.61 Å². The Hall–Kier alpha value is -1.29. The van der Waals surface area contributed by atoms with Gasteiger partial charge in [-0.25, -0.2) is 4.79 Å². The van der Waals surface area contributed by atoms with Crippen LogP contribution >= 0.6 is 0 Å². The molecule has 0 saturated heterocycles. The molecule has 0 heterocycles. The van der Waals surface area contributed by atoms with Crippen molar-refractivity contribution in [2.45, 2.75) is 32.6 Å². The van der Waals surface area contributed by atoms with Crippen LogP contribution in [0.25, 0.3) is 0 Å². The second-order valence-electron chi connectivity index (χ2n) is 5.14. The summed E-state index contributed by atoms with van der Waals surface area (Å²) in [6.07, 6.45) is 4.72. The van der Waals surface area contributed by atoms with Crippen molar-refractivity contribution in [1.82, 2.24) is 0 Å². The minimum absolute atomic E-state index is 0. The molecule has 0 aliphatic rings. The molecule has 0 radical (unpaired) electrons. The van der Waals surface area contributed by atoms with E-state index in [0.29, 0.717) is 17.9 Å². The quantitative estimate of drug-likeness (QED) is 0.323. The van der Waals surface area contributed by atoms with Crippen LogP contribution in [0, 0.1) is 0 Å². The molecule has 0 fully saturated rings. The van der Waals surface area contributed by atoms with Crippen LogP contribution in [-0.4, -0.2) is 12.6 Å². The number of benzene rings is 2. The number of unbranched alkanes of at least 4 members (excludes halogenated alkanes) is 3. The van der Waals surface area contributed by atoms with Gasteiger partial charge in [0.15, 0.2) is 0 Å². The average Bonchev–Trinajstić information content (AvgIpc) is 2.56. The van der Waals surface area contributed by atoms with Gasteiger partial charge in [-0.05, 0) is 42.8 Å². The van der Waals surface area contributed by atoms with Gasteiger partial charge in [0.1, 0.15) is 11.5 Å². The van der Waals surface area contributed by atoms with E-state index in [1.165, 1.54) is 19.3 Å². The molecule has 2 rings (SSSR count). The van der Waals surface area contributed by atoms with Crippen molar-refractivity contribution >= 4 is 5.97 Å². The van der Waals surface area contributed by atoms with Crippen molar-refractivity contribution in [2.24, 2.45) is 0 Å². The molecule has 0 spiro atoms. The molecule has 2 aromatic rings. The number of carbonyl (C=O) groups excluding carboxylic acids is 1. The number of hydrogen-bond donors (Lipinski definition) is 0. The van der Waals surface area contributed by atoms with Gasteiger partial charge in [-0.2, -0.15) is 0 Å². The summed E-state index contributed by atoms with van der Waals surface area (Å²) < 4.78 is 10.9. The first kappa shape index (κ1) is 19.8. The van der Waals surface area contributed by atoms with Crippen LogP contribution in [0.2, 0.25) is 0 Å². The number of carbonyl (C=O) groups is 1. The maximum absolute atomic E-state index is 12.0. The summed E-state index contributed by atoms with van der Waals surface area (Å²) in [5.74, 6) is 0.970. The van der Waals surface area contributed by atoms with E-state index >= 15 is 0 Å². The van der Waals surface area contributed by atoms with Gasteiger partial charge in [0.2, 0.25) is 0 Å². The molecule has 0 aliphatic carbocycles. The zero-order chi connectivity index (χ0) is 15.6. The summed E-state index contributed by atoms with van der Waals surface area (Å²) in [7, 11) is 0. The zero-order valence-electron chi connectivity index (χ0n) is 15.0. The second-order valence-corrected chi connectivity index (χ2v) is 5.14. The van der Waals surface area contributed by atoms with E-state index in [9.17, 15) is 4.79 Å². The molecule has 0 amide bonds. The van der Waals surface area contributed by atoms with Gasteiger partial charge in [0.25, 0.3) is 0 Å². The van der Waals surface area contributed by atoms with E-state index in [-0.39, 0.29) is 37.0 Å². The monoisotopic (exact) mass is 322 g/mol. The van der Waals surface area contributed by atoms with Crippen molar-refractivity contribution < 1.29 is 45.3 Å². The number of hydrogen-bond acceptors (Lipinski definition) is 3. The van der Waals surface area contributed by atoms with Crippen LogP contribution in [0.3, 0.4) is 0 Å². The van der Waals surface area contributed by atoms with Crippen molar-refractivity contribution in [3.05, 3.63) is 60.2 Å². The number of esters is 1. The molecule has 118 valence electrons. The summed E-state index contributed by atoms with van der Waals surface area (Å²) in [6.45, 7) is 2.90. The molecule has 0 unspecified atom stereocenters. The van der Waals surface area contributed by atoms with Gasteiger partial charge in [-0.1, -0.05) is 44.4 Å². The predicted octanol–water partition coefficient (Wildman–Crippen LogP) is 1.98. The Morgan fingerprint density at radius 3 is 2.26 bits per heavy atom. The van der Waals surface area contributed by atoms with Crippen molar-refractivity contribution in [3.63, 3.8) is 0 Å². The molecular weight excluding hydrogens is 299 g/mol. The largest absolute Gasteiger partial charge is 1.00 e. The first-order valence-corrected chi connectivity index (χ1v) is 7.79. The fourth-order valence-electron chi connectivity index (χ4n) is 2.06. The maximum atomic E-state index is 12.0. The first-order valence-electron chi connectivity index (χ1n) is 7.79. The summed E-state index contributed by atoms with van der Waals surface area (Å²) in [4.78, 5) is 12.0. The topological polar surface area (TPSA) is 35.5 Å². The Kier molecular flexibility index (Phi) is 9.69. The fourth-order valence-corrected chi connectivity index (χ4v) is 2.06. The smallest absolute Gasteiger partial charge is 1.00 e. The normalized spacial score (nSPS) is 9.78. The number of rotatable bonds is 8. The van der Waals surface area contributed by atoms with Gasteiger partial charge >= 0.3 is 35.5 Å². The van der Waals surface area contributed by atoms with Gasteiger partial charge in [-0.15, -0.1) is 0 Å². The van der Waals surface area contributed by atoms with Gasteiger partial charge in [-0.3, -0.25) is 0 Å². The van der Waals surface area contributed by atoms with Crippen LogP contribution < -0.4 is 39.0 Å². The number of ether oxygens (including phenoxy) is 2. The van der Waals surface area contributed by atoms with Gasteiger partial charge < -0.3 is 10.9 Å². The Morgan fingerprint density at radius 1 is 0.913 bits per heavy atom. The van der Waals surface area contributed by atoms with E-state index in [0.717, 1.165) is 12.2 Å². The average molecular weight is 322 g/mol. The maximum Gasteiger partial charge on any atom is 1.00 e. The second kappa shape index (κ2) is 11.3. The van der Waals surface area contributed by atoms with E-state index in [1.807, 2.05) is 18.2 Å². The standard InChI is InChI=1S/C19H22O3.Na.H/c1-2-3-4-8-15-21-17-13-11-16(12-14-17)19(20)22-18-9-6-5-7-10-18;;/h5-7,9-14H,2-4,8,15H2,1H3;;/q;+1;-1. The van der Waals surface area contributed by atoms with Crippen LogP contribution in [0.4, 0.5) is 0 Å². The van der Waals surface area contributed by atoms with Gasteiger partial charge in [0.05, 0.1) is 12.2 Å². The Bertz CT molecular complexity index is 573. The molecule has 0 saturated carbocycles. The third-order valence-electron chi connectivity index (χ3n) is 3.31. The molecule has 23 heavy (non-hydrogen) atoms. The summed E-state index contributed by atoms with van der Waals surface area (Å²) in [5, 5.41) is 0. The van der Waals surface area contributed by atoms with E-state index in [1.54, 1.807) is 36.4 Å². The van der Waals surface area contributed by atoms with Crippen LogP contribution in [-0.2, 0) is 0 Å². The number of para-hydroxylation sites is 1. The third kappa shape index (κ3) is 7.21. The summed E-state index contributed by atoms with van der Waals surface area (Å²) in [5.41, 5.74) is 0.516. The van der Waals surface area contributed by atoms with Crippen molar-refractivity contribution in [1.29, 1.82) is 0 Å². The molecular formula is C19H23NaO3. The van der Waals surface area contributed by atoms with Gasteiger partial charge in [0, 0.05) is 0 Å². The van der Waals surface area contributed by atoms with Crippen LogP contribution in [0.5, 0.6) is 11.5 Å². The van der Waals surface area contributed by atoms with E-state index in [2.05, 4.69) is 6.92 Å². The minimum atomic E-state index is -0.360. The third-order valence-corrected chi connectivity index (χ3v) is 3.31. The molecule has 0 aliphatic heterocycles. The van der Waals surface area contributed by atoms with Crippen LogP contribution in [0.1, 0.15) is 44.4 Å². The summed E-state index contributed by atoms with van der Waals surface area (Å²) in [6, 6.07) is 16.1. The van der Waals surface area contributed by atoms with Crippen LogP contribution in [0.15, 0.2) is 54.6 Å². The Labute approximate surface area is 161 Å². The SMILES string of the molecule is CCCCCCOc1ccc(C(=O)Oc2ccccc2)cc1.[H-].[Na+]. The van der Waals surface area contributed by atoms with E-state index in [4.69, 9.17) is 9.47 Å². The summed E-state index contributed by atoms with van der Waals surface area (Å²) >= 11 is 0. The van der Waals surface area contributed by atoms with Crippen molar-refractivity contribution in [3.8, 4) is 11.5 Å². The molecule has 4 heteroatoms. The molecule has 3 nitrogen and oxygen atoms in total. The fraction of sp³-hybridized carbons (Fsp3) is 0.316. The molecule has 0 bridgehead atoms. The predicted molar refractivity (Wildman–Crippen MR) is 88.6 cm³/mol. The molecule has 0 aromatic heterocycles. The Morgan fingerprint density at radius 2 is 1.61 bits per heavy atom. The minimum Gasteiger partial charge on any atom is -1.00 e.